The van der Waals surface area contributed by atoms with Gasteiger partial charge in [-0.05, 0) is 31.6 Å². The van der Waals surface area contributed by atoms with Crippen LogP contribution >= 0.6 is 0 Å². The van der Waals surface area contributed by atoms with Gasteiger partial charge in [0.1, 0.15) is 0 Å². The molecule has 2 fully saturated rings. The van der Waals surface area contributed by atoms with Crippen LogP contribution in [0.2, 0.25) is 0 Å². The lowest BCUT2D eigenvalue weighted by Crippen LogP contribution is -2.22. The zero-order valence-corrected chi connectivity index (χ0v) is 5.97. The van der Waals surface area contributed by atoms with Crippen molar-refractivity contribution >= 4 is 0 Å². The summed E-state index contributed by atoms with van der Waals surface area (Å²) in [5.74, 6) is 0.927. The molecule has 2 saturated heterocycles. The van der Waals surface area contributed by atoms with E-state index < -0.39 is 0 Å². The zero-order valence-electron chi connectivity index (χ0n) is 5.97. The molecule has 1 heteroatoms. The molecule has 0 aromatic heterocycles. The van der Waals surface area contributed by atoms with Gasteiger partial charge in [-0.25, -0.2) is 0 Å². The number of hydrogen-bond acceptors (Lipinski definition) is 1. The molecule has 0 N–H and O–H groups in total. The van der Waals surface area contributed by atoms with E-state index in [1.807, 2.05) is 0 Å². The SMILES string of the molecule is C[C@H]1CC2CC[C@H](C1)O2. The van der Waals surface area contributed by atoms with Crippen molar-refractivity contribution in [2.45, 2.75) is 44.8 Å². The van der Waals surface area contributed by atoms with E-state index in [9.17, 15) is 0 Å². The maximum Gasteiger partial charge on any atom is 0.0582 e. The van der Waals surface area contributed by atoms with Crippen LogP contribution in [-0.4, -0.2) is 12.2 Å². The minimum absolute atomic E-state index is 0.638. The van der Waals surface area contributed by atoms with Crippen LogP contribution in [0, 0.1) is 5.92 Å². The lowest BCUT2D eigenvalue weighted by Gasteiger charge is -2.25. The topological polar surface area (TPSA) is 9.23 Å². The van der Waals surface area contributed by atoms with Crippen LogP contribution in [0.5, 0.6) is 0 Å². The van der Waals surface area contributed by atoms with E-state index in [1.165, 1.54) is 25.7 Å². The summed E-state index contributed by atoms with van der Waals surface area (Å²) in [7, 11) is 0. The van der Waals surface area contributed by atoms with E-state index in [4.69, 9.17) is 4.74 Å². The van der Waals surface area contributed by atoms with E-state index in [-0.39, 0.29) is 0 Å². The zero-order chi connectivity index (χ0) is 6.27. The second-order valence-electron chi connectivity index (χ2n) is 3.53. The van der Waals surface area contributed by atoms with Gasteiger partial charge in [0.2, 0.25) is 0 Å². The van der Waals surface area contributed by atoms with Gasteiger partial charge in [0, 0.05) is 0 Å². The number of hydrogen-bond donors (Lipinski definition) is 0. The van der Waals surface area contributed by atoms with Gasteiger partial charge in [0.15, 0.2) is 0 Å². The molecule has 9 heavy (non-hydrogen) atoms. The molecule has 0 spiro atoms. The van der Waals surface area contributed by atoms with Crippen LogP contribution in [0.15, 0.2) is 0 Å². The van der Waals surface area contributed by atoms with Gasteiger partial charge in [-0.2, -0.15) is 0 Å². The van der Waals surface area contributed by atoms with Crippen LogP contribution in [0.3, 0.4) is 0 Å². The highest BCUT2D eigenvalue weighted by atomic mass is 16.5. The minimum Gasteiger partial charge on any atom is -0.375 e. The quantitative estimate of drug-likeness (QED) is 0.482. The molecule has 1 nitrogen and oxygen atoms in total. The first kappa shape index (κ1) is 5.72. The molecule has 52 valence electrons. The van der Waals surface area contributed by atoms with Crippen LogP contribution in [0.25, 0.3) is 0 Å². The Hall–Kier alpha value is -0.0400. The monoisotopic (exact) mass is 126 g/mol. The summed E-state index contributed by atoms with van der Waals surface area (Å²) in [6.45, 7) is 2.34. The molecule has 2 aliphatic rings. The summed E-state index contributed by atoms with van der Waals surface area (Å²) in [6.07, 6.45) is 6.56. The summed E-state index contributed by atoms with van der Waals surface area (Å²) < 4.78 is 5.67. The van der Waals surface area contributed by atoms with Gasteiger partial charge in [-0.3, -0.25) is 0 Å². The molecule has 3 atom stereocenters. The molecule has 2 aliphatic heterocycles. The fourth-order valence-electron chi connectivity index (χ4n) is 2.12. The molecule has 0 saturated carbocycles. The molecular weight excluding hydrogens is 112 g/mol. The molecule has 2 bridgehead atoms. The third kappa shape index (κ3) is 0.983. The molecule has 0 aromatic rings. The van der Waals surface area contributed by atoms with Gasteiger partial charge in [0.05, 0.1) is 12.2 Å². The van der Waals surface area contributed by atoms with Gasteiger partial charge in [0.25, 0.3) is 0 Å². The van der Waals surface area contributed by atoms with Gasteiger partial charge in [-0.15, -0.1) is 0 Å². The van der Waals surface area contributed by atoms with E-state index in [2.05, 4.69) is 6.92 Å². The van der Waals surface area contributed by atoms with Crippen molar-refractivity contribution in [3.8, 4) is 0 Å². The minimum atomic E-state index is 0.638. The Morgan fingerprint density at radius 1 is 1.11 bits per heavy atom. The first-order chi connectivity index (χ1) is 4.34. The second kappa shape index (κ2) is 1.98. The van der Waals surface area contributed by atoms with E-state index >= 15 is 0 Å². The van der Waals surface area contributed by atoms with Gasteiger partial charge < -0.3 is 4.74 Å². The Labute approximate surface area is 56.4 Å². The Balaban J connectivity index is 2.03. The molecular formula is C8H14O. The van der Waals surface area contributed by atoms with Crippen molar-refractivity contribution in [1.82, 2.24) is 0 Å². The largest absolute Gasteiger partial charge is 0.375 e. The molecule has 1 unspecified atom stereocenters. The van der Waals surface area contributed by atoms with Crippen molar-refractivity contribution in [3.05, 3.63) is 0 Å². The van der Waals surface area contributed by atoms with Crippen molar-refractivity contribution in [2.24, 2.45) is 5.92 Å². The Bertz CT molecular complexity index is 99.1. The second-order valence-corrected chi connectivity index (χ2v) is 3.53. The van der Waals surface area contributed by atoms with Gasteiger partial charge in [-0.1, -0.05) is 6.92 Å². The summed E-state index contributed by atoms with van der Waals surface area (Å²) in [5, 5.41) is 0. The van der Waals surface area contributed by atoms with Gasteiger partial charge >= 0.3 is 0 Å². The first-order valence-electron chi connectivity index (χ1n) is 4.00. The summed E-state index contributed by atoms with van der Waals surface area (Å²) in [5.41, 5.74) is 0. The first-order valence-corrected chi connectivity index (χ1v) is 4.00. The third-order valence-electron chi connectivity index (χ3n) is 2.53. The Morgan fingerprint density at radius 2 is 1.67 bits per heavy atom. The lowest BCUT2D eigenvalue weighted by atomic mass is 9.98. The normalized spacial score (nSPS) is 49.7. The van der Waals surface area contributed by atoms with Crippen LogP contribution in [-0.2, 0) is 4.74 Å². The smallest absolute Gasteiger partial charge is 0.0582 e. The van der Waals surface area contributed by atoms with E-state index in [0.717, 1.165) is 5.92 Å². The Morgan fingerprint density at radius 3 is 2.22 bits per heavy atom. The number of ether oxygens (including phenoxy) is 1. The van der Waals surface area contributed by atoms with Crippen molar-refractivity contribution in [2.75, 3.05) is 0 Å². The highest BCUT2D eigenvalue weighted by molar-refractivity contribution is 4.82. The fraction of sp³-hybridized carbons (Fsp3) is 1.00. The highest BCUT2D eigenvalue weighted by Gasteiger charge is 2.32. The summed E-state index contributed by atoms with van der Waals surface area (Å²) in [4.78, 5) is 0. The summed E-state index contributed by atoms with van der Waals surface area (Å²) >= 11 is 0. The predicted octanol–water partition coefficient (Wildman–Crippen LogP) is 1.96. The molecule has 2 heterocycles. The van der Waals surface area contributed by atoms with Crippen molar-refractivity contribution in [3.63, 3.8) is 0 Å². The Kier molecular flexibility index (Phi) is 1.26. The fourth-order valence-corrected chi connectivity index (χ4v) is 2.12. The standard InChI is InChI=1S/C8H14O/c1-6-4-7-2-3-8(5-6)9-7/h6-8H,2-5H2,1H3/t6-,7-,8?/m1/s1. The molecule has 2 rings (SSSR count). The predicted molar refractivity (Wildman–Crippen MR) is 36.3 cm³/mol. The van der Waals surface area contributed by atoms with Crippen LogP contribution in [0.4, 0.5) is 0 Å². The van der Waals surface area contributed by atoms with E-state index in [0.29, 0.717) is 12.2 Å². The van der Waals surface area contributed by atoms with Crippen LogP contribution in [0.1, 0.15) is 32.6 Å². The van der Waals surface area contributed by atoms with E-state index in [1.54, 1.807) is 0 Å². The van der Waals surface area contributed by atoms with Crippen molar-refractivity contribution < 1.29 is 4.74 Å². The maximum atomic E-state index is 5.67. The molecule has 0 aliphatic carbocycles. The average Bonchev–Trinajstić information content (AvgIpc) is 2.11. The highest BCUT2D eigenvalue weighted by Crippen LogP contribution is 2.35. The maximum absolute atomic E-state index is 5.67. The van der Waals surface area contributed by atoms with Crippen molar-refractivity contribution in [1.29, 1.82) is 0 Å². The molecule has 0 aromatic carbocycles. The summed E-state index contributed by atoms with van der Waals surface area (Å²) in [6, 6.07) is 0. The number of rotatable bonds is 0. The average molecular weight is 126 g/mol. The third-order valence-corrected chi connectivity index (χ3v) is 2.53. The number of fused-ring (bicyclic) bond motifs is 2. The lowest BCUT2D eigenvalue weighted by molar-refractivity contribution is -0.0152. The van der Waals surface area contributed by atoms with Crippen LogP contribution < -0.4 is 0 Å². The molecule has 0 radical (unpaired) electrons. The molecule has 0 amide bonds.